The van der Waals surface area contributed by atoms with Crippen molar-refractivity contribution >= 4 is 61.1 Å². The SMILES string of the molecule is COC(=O)c1cc(C)c(-c2cccc(-c3c(C4=C(C#N)N4OSC)c4cc(P)ccc4n3Sc3ccc(C(F)F)cc3)c2)cc1F. The normalized spacial score (nSPS) is 12.6. The minimum Gasteiger partial charge on any atom is -0.465 e. The molecule has 1 aliphatic rings. The second-order valence-corrected chi connectivity index (χ2v) is 12.5. The molecule has 12 heteroatoms. The number of aryl methyl sites for hydroxylation is 1. The van der Waals surface area contributed by atoms with Crippen LogP contribution in [-0.2, 0) is 9.02 Å². The van der Waals surface area contributed by atoms with Crippen molar-refractivity contribution in [2.45, 2.75) is 18.2 Å². The lowest BCUT2D eigenvalue weighted by Crippen LogP contribution is -2.05. The smallest absolute Gasteiger partial charge is 0.340 e. The monoisotopic (exact) mass is 675 g/mol. The quantitative estimate of drug-likeness (QED) is 0.0878. The van der Waals surface area contributed by atoms with Crippen molar-refractivity contribution in [1.82, 2.24) is 9.04 Å². The molecule has 0 bridgehead atoms. The highest BCUT2D eigenvalue weighted by Crippen LogP contribution is 2.51. The molecule has 6 rings (SSSR count). The van der Waals surface area contributed by atoms with Crippen LogP contribution in [0.1, 0.15) is 33.5 Å². The summed E-state index contributed by atoms with van der Waals surface area (Å²) in [5.41, 5.74) is 5.78. The van der Waals surface area contributed by atoms with E-state index in [0.29, 0.717) is 28.1 Å². The maximum atomic E-state index is 15.1. The maximum Gasteiger partial charge on any atom is 0.340 e. The van der Waals surface area contributed by atoms with Gasteiger partial charge < -0.3 is 4.74 Å². The minimum absolute atomic E-state index is 0.0737. The first-order valence-electron chi connectivity index (χ1n) is 13.8. The number of esters is 1. The number of ether oxygens (including phenoxy) is 1. The lowest BCUT2D eigenvalue weighted by molar-refractivity contribution is 0.0595. The van der Waals surface area contributed by atoms with Crippen LogP contribution in [0.4, 0.5) is 13.2 Å². The fraction of sp³-hybridized carbons (Fsp3) is 0.118. The number of hydroxylamine groups is 2. The number of allylic oxidation sites excluding steroid dienone is 1. The largest absolute Gasteiger partial charge is 0.465 e. The number of hydrogen-bond acceptors (Lipinski definition) is 7. The van der Waals surface area contributed by atoms with Crippen LogP contribution in [0.25, 0.3) is 39.0 Å². The van der Waals surface area contributed by atoms with Crippen LogP contribution >= 0.6 is 33.2 Å². The van der Waals surface area contributed by atoms with Crippen LogP contribution in [0.2, 0.25) is 0 Å². The molecule has 1 unspecified atom stereocenters. The van der Waals surface area contributed by atoms with Crippen molar-refractivity contribution in [3.63, 3.8) is 0 Å². The summed E-state index contributed by atoms with van der Waals surface area (Å²) in [6, 6.07) is 24.6. The van der Waals surface area contributed by atoms with Gasteiger partial charge in [-0.1, -0.05) is 36.4 Å². The Balaban J connectivity index is 1.59. The number of nitriles is 1. The highest BCUT2D eigenvalue weighted by atomic mass is 32.2. The molecule has 1 atom stereocenters. The summed E-state index contributed by atoms with van der Waals surface area (Å²) >= 11 is 2.46. The Morgan fingerprint density at radius 2 is 1.76 bits per heavy atom. The van der Waals surface area contributed by atoms with Gasteiger partial charge in [0.25, 0.3) is 6.43 Å². The molecule has 4 aromatic carbocycles. The summed E-state index contributed by atoms with van der Waals surface area (Å²) in [5.74, 6) is -1.46. The lowest BCUT2D eigenvalue weighted by atomic mass is 9.95. The number of nitrogens with zero attached hydrogens (tertiary/aromatic N) is 3. The summed E-state index contributed by atoms with van der Waals surface area (Å²) in [6.07, 6.45) is -0.828. The number of rotatable bonds is 9. The molecule has 0 saturated carbocycles. The van der Waals surface area contributed by atoms with Gasteiger partial charge in [-0.3, -0.25) is 3.97 Å². The lowest BCUT2D eigenvalue weighted by Gasteiger charge is -2.14. The van der Waals surface area contributed by atoms with Gasteiger partial charge in [0.15, 0.2) is 5.70 Å². The average Bonchev–Trinajstić information content (AvgIpc) is 3.65. The predicted octanol–water partition coefficient (Wildman–Crippen LogP) is 8.92. The average molecular weight is 676 g/mol. The van der Waals surface area contributed by atoms with E-state index in [1.807, 2.05) is 46.4 Å². The number of aromatic nitrogens is 1. The van der Waals surface area contributed by atoms with Crippen molar-refractivity contribution < 1.29 is 27.0 Å². The maximum absolute atomic E-state index is 15.1. The van der Waals surface area contributed by atoms with Gasteiger partial charge in [0, 0.05) is 45.3 Å². The molecule has 0 aliphatic carbocycles. The van der Waals surface area contributed by atoms with Crippen molar-refractivity contribution in [1.29, 1.82) is 5.26 Å². The van der Waals surface area contributed by atoms with E-state index in [1.165, 1.54) is 48.4 Å². The second kappa shape index (κ2) is 12.9. The first-order chi connectivity index (χ1) is 22.2. The van der Waals surface area contributed by atoms with Gasteiger partial charge in [0.2, 0.25) is 0 Å². The topological polar surface area (TPSA) is 67.3 Å². The molecule has 0 amide bonds. The summed E-state index contributed by atoms with van der Waals surface area (Å²) in [5, 5.41) is 13.2. The molecule has 0 N–H and O–H groups in total. The van der Waals surface area contributed by atoms with E-state index < -0.39 is 18.2 Å². The van der Waals surface area contributed by atoms with Crippen molar-refractivity contribution in [3.8, 4) is 28.5 Å². The number of halogens is 3. The number of alkyl halides is 2. The molecule has 0 fully saturated rings. The molecular formula is C34H25F3N3O3PS2. The Morgan fingerprint density at radius 1 is 1.02 bits per heavy atom. The van der Waals surface area contributed by atoms with Crippen molar-refractivity contribution in [2.75, 3.05) is 13.4 Å². The Labute approximate surface area is 274 Å². The number of benzene rings is 4. The number of carbonyl (C=O) groups excluding carboxylic acids is 1. The zero-order valence-electron chi connectivity index (χ0n) is 24.7. The number of carbonyl (C=O) groups is 1. The van der Waals surface area contributed by atoms with Crippen LogP contribution in [0.15, 0.2) is 89.5 Å². The summed E-state index contributed by atoms with van der Waals surface area (Å²) < 4.78 is 54.2. The van der Waals surface area contributed by atoms with E-state index in [0.717, 1.165) is 50.0 Å². The molecular weight excluding hydrogens is 650 g/mol. The Bertz CT molecular complexity index is 2090. The summed E-state index contributed by atoms with van der Waals surface area (Å²) in [6.45, 7) is 1.79. The van der Waals surface area contributed by atoms with E-state index in [-0.39, 0.29) is 11.1 Å². The predicted molar refractivity (Wildman–Crippen MR) is 180 cm³/mol. The Hall–Kier alpha value is -4.20. The number of hydrogen-bond donors (Lipinski definition) is 0. The fourth-order valence-electron chi connectivity index (χ4n) is 5.37. The van der Waals surface area contributed by atoms with Gasteiger partial charge in [0.05, 0.1) is 23.9 Å². The zero-order chi connectivity index (χ0) is 32.7. The van der Waals surface area contributed by atoms with E-state index in [2.05, 4.69) is 15.3 Å². The van der Waals surface area contributed by atoms with Gasteiger partial charge >= 0.3 is 5.97 Å². The molecule has 5 aromatic rings. The van der Waals surface area contributed by atoms with Gasteiger partial charge in [-0.25, -0.2) is 18.0 Å². The van der Waals surface area contributed by atoms with Gasteiger partial charge in [-0.05, 0) is 83.3 Å². The summed E-state index contributed by atoms with van der Waals surface area (Å²) in [4.78, 5) is 12.8. The molecule has 0 radical (unpaired) electrons. The molecule has 1 aliphatic heterocycles. The Kier molecular flexibility index (Phi) is 8.90. The third kappa shape index (κ3) is 5.78. The zero-order valence-corrected chi connectivity index (χ0v) is 27.5. The molecule has 1 aromatic heterocycles. The van der Waals surface area contributed by atoms with E-state index >= 15 is 4.39 Å². The van der Waals surface area contributed by atoms with Crippen molar-refractivity contribution in [2.24, 2.45) is 0 Å². The van der Waals surface area contributed by atoms with Crippen LogP contribution in [0.5, 0.6) is 0 Å². The van der Waals surface area contributed by atoms with Crippen LogP contribution < -0.4 is 5.30 Å². The highest BCUT2D eigenvalue weighted by molar-refractivity contribution is 7.98. The van der Waals surface area contributed by atoms with E-state index in [1.54, 1.807) is 25.3 Å². The minimum atomic E-state index is -2.58. The molecule has 2 heterocycles. The standard InChI is InChI=1S/C34H25F3N3O3PS2/c1-18-13-25(34(41)42-2)27(35)16-24(18)20-5-4-6-21(14-20)31-30(32-29(17-38)39(32)43-45-3)26-15-22(44)9-12-28(26)40(31)46-23-10-7-19(8-11-23)33(36)37/h4-16,33H,44H2,1-3H3. The molecule has 46 heavy (non-hydrogen) atoms. The van der Waals surface area contributed by atoms with Crippen LogP contribution in [0, 0.1) is 24.1 Å². The van der Waals surface area contributed by atoms with Gasteiger partial charge in [-0.2, -0.15) is 14.6 Å². The van der Waals surface area contributed by atoms with E-state index in [4.69, 9.17) is 9.02 Å². The third-order valence-electron chi connectivity index (χ3n) is 7.52. The summed E-state index contributed by atoms with van der Waals surface area (Å²) in [7, 11) is 3.90. The van der Waals surface area contributed by atoms with E-state index in [9.17, 15) is 18.8 Å². The first kappa shape index (κ1) is 31.8. The third-order valence-corrected chi connectivity index (χ3v) is 9.22. The first-order valence-corrected chi connectivity index (χ1v) is 16.3. The van der Waals surface area contributed by atoms with Crippen LogP contribution in [0.3, 0.4) is 0 Å². The molecule has 0 spiro atoms. The van der Waals surface area contributed by atoms with Gasteiger partial charge in [-0.15, -0.1) is 9.24 Å². The Morgan fingerprint density at radius 3 is 2.43 bits per heavy atom. The van der Waals surface area contributed by atoms with Gasteiger partial charge in [0.1, 0.15) is 17.6 Å². The van der Waals surface area contributed by atoms with Crippen LogP contribution in [-0.4, -0.2) is 28.4 Å². The fourth-order valence-corrected chi connectivity index (χ4v) is 6.94. The molecule has 232 valence electrons. The number of methoxy groups -OCH3 is 1. The number of fused-ring (bicyclic) bond motifs is 1. The highest BCUT2D eigenvalue weighted by Gasteiger charge is 2.41. The molecule has 0 saturated heterocycles. The van der Waals surface area contributed by atoms with Crippen molar-refractivity contribution in [3.05, 3.63) is 113 Å². The molecule has 6 nitrogen and oxygen atoms in total. The second-order valence-electron chi connectivity index (χ2n) is 10.3.